The Morgan fingerprint density at radius 2 is 2.08 bits per heavy atom. The van der Waals surface area contributed by atoms with Crippen LogP contribution in [0.25, 0.3) is 0 Å². The minimum absolute atomic E-state index is 0.000600. The molecular weight excluding hydrogens is 322 g/mol. The molecule has 24 heavy (non-hydrogen) atoms. The van der Waals surface area contributed by atoms with E-state index in [2.05, 4.69) is 36.6 Å². The Labute approximate surface area is 150 Å². The first-order chi connectivity index (χ1) is 11.6. The Kier molecular flexibility index (Phi) is 7.60. The number of nitrogens with zero attached hydrogens (tertiary/aromatic N) is 1. The monoisotopic (exact) mass is 349 g/mol. The van der Waals surface area contributed by atoms with Gasteiger partial charge in [-0.15, -0.1) is 0 Å². The lowest BCUT2D eigenvalue weighted by molar-refractivity contribution is 0.212. The van der Waals surface area contributed by atoms with Crippen molar-refractivity contribution in [1.29, 1.82) is 0 Å². The smallest absolute Gasteiger partial charge is 0.321 e. The van der Waals surface area contributed by atoms with Gasteiger partial charge in [0.25, 0.3) is 0 Å². The molecular formula is C19H28ClN3O. The summed E-state index contributed by atoms with van der Waals surface area (Å²) in [7, 11) is 0. The van der Waals surface area contributed by atoms with E-state index in [1.54, 1.807) is 4.90 Å². The first kappa shape index (κ1) is 18.8. The molecule has 0 spiro atoms. The van der Waals surface area contributed by atoms with Gasteiger partial charge in [-0.2, -0.15) is 0 Å². The number of carbonyl (C=O) groups excluding carboxylic acids is 1. The van der Waals surface area contributed by atoms with Crippen molar-refractivity contribution >= 4 is 17.6 Å². The molecule has 2 N–H and O–H groups in total. The average Bonchev–Trinajstić information content (AvgIpc) is 2.58. The first-order valence-electron chi connectivity index (χ1n) is 8.79. The number of hydrogen-bond donors (Lipinski definition) is 2. The molecule has 2 rings (SSSR count). The van der Waals surface area contributed by atoms with E-state index in [1.165, 1.54) is 5.56 Å². The molecule has 2 atom stereocenters. The third kappa shape index (κ3) is 5.84. The van der Waals surface area contributed by atoms with E-state index < -0.39 is 0 Å². The van der Waals surface area contributed by atoms with Crippen LogP contribution in [0.3, 0.4) is 0 Å². The maximum absolute atomic E-state index is 11.6. The second kappa shape index (κ2) is 9.70. The highest BCUT2D eigenvalue weighted by Crippen LogP contribution is 2.17. The molecule has 0 saturated heterocycles. The van der Waals surface area contributed by atoms with Gasteiger partial charge < -0.3 is 15.5 Å². The number of urea groups is 1. The van der Waals surface area contributed by atoms with Gasteiger partial charge in [0.05, 0.1) is 0 Å². The Bertz CT molecular complexity index is 544. The molecule has 0 bridgehead atoms. The van der Waals surface area contributed by atoms with E-state index in [9.17, 15) is 4.79 Å². The van der Waals surface area contributed by atoms with Crippen LogP contribution >= 0.6 is 11.6 Å². The Morgan fingerprint density at radius 1 is 1.33 bits per heavy atom. The Morgan fingerprint density at radius 3 is 2.75 bits per heavy atom. The summed E-state index contributed by atoms with van der Waals surface area (Å²) in [6.07, 6.45) is 6.93. The zero-order chi connectivity index (χ0) is 17.4. The third-order valence-electron chi connectivity index (χ3n) is 4.50. The van der Waals surface area contributed by atoms with E-state index in [0.29, 0.717) is 18.5 Å². The van der Waals surface area contributed by atoms with Gasteiger partial charge in [0.2, 0.25) is 0 Å². The van der Waals surface area contributed by atoms with Gasteiger partial charge in [-0.25, -0.2) is 4.79 Å². The highest BCUT2D eigenvalue weighted by molar-refractivity contribution is 6.30. The number of carbonyl (C=O) groups is 1. The molecule has 2 unspecified atom stereocenters. The van der Waals surface area contributed by atoms with Gasteiger partial charge in [-0.3, -0.25) is 0 Å². The normalized spacial score (nSPS) is 16.8. The summed E-state index contributed by atoms with van der Waals surface area (Å²) in [6.45, 7) is 6.81. The van der Waals surface area contributed by atoms with E-state index in [-0.39, 0.29) is 6.03 Å². The predicted octanol–water partition coefficient (Wildman–Crippen LogP) is 3.82. The van der Waals surface area contributed by atoms with Crippen molar-refractivity contribution in [1.82, 2.24) is 15.5 Å². The van der Waals surface area contributed by atoms with Crippen LogP contribution in [0.1, 0.15) is 32.3 Å². The molecule has 1 aromatic carbocycles. The lowest BCUT2D eigenvalue weighted by Crippen LogP contribution is -2.42. The van der Waals surface area contributed by atoms with Gasteiger partial charge in [-0.05, 0) is 55.5 Å². The molecule has 132 valence electrons. The SMILES string of the molecule is CCC(NCCCN1C=CCNC1=O)C(C)Cc1ccc(Cl)cc1. The minimum Gasteiger partial charge on any atom is -0.334 e. The Balaban J connectivity index is 1.72. The molecule has 4 nitrogen and oxygen atoms in total. The second-order valence-corrected chi connectivity index (χ2v) is 6.83. The number of hydrogen-bond acceptors (Lipinski definition) is 2. The summed E-state index contributed by atoms with van der Waals surface area (Å²) < 4.78 is 0. The molecule has 0 saturated carbocycles. The number of rotatable bonds is 9. The van der Waals surface area contributed by atoms with E-state index in [1.807, 2.05) is 24.4 Å². The quantitative estimate of drug-likeness (QED) is 0.666. The third-order valence-corrected chi connectivity index (χ3v) is 4.75. The van der Waals surface area contributed by atoms with Crippen molar-refractivity contribution in [3.8, 4) is 0 Å². The molecule has 5 heteroatoms. The van der Waals surface area contributed by atoms with Crippen molar-refractivity contribution in [2.24, 2.45) is 5.92 Å². The zero-order valence-electron chi connectivity index (χ0n) is 14.6. The molecule has 0 radical (unpaired) electrons. The maximum Gasteiger partial charge on any atom is 0.321 e. The van der Waals surface area contributed by atoms with Gasteiger partial charge in [0, 0.05) is 30.4 Å². The fourth-order valence-electron chi connectivity index (χ4n) is 3.09. The van der Waals surface area contributed by atoms with Crippen LogP contribution in [-0.2, 0) is 6.42 Å². The van der Waals surface area contributed by atoms with Gasteiger partial charge in [-0.1, -0.05) is 37.6 Å². The van der Waals surface area contributed by atoms with Crippen LogP contribution in [0.2, 0.25) is 5.02 Å². The minimum atomic E-state index is 0.000600. The number of benzene rings is 1. The summed E-state index contributed by atoms with van der Waals surface area (Å²) >= 11 is 5.95. The molecule has 1 aromatic rings. The molecule has 1 aliphatic rings. The topological polar surface area (TPSA) is 44.4 Å². The van der Waals surface area contributed by atoms with E-state index in [4.69, 9.17) is 11.6 Å². The van der Waals surface area contributed by atoms with Crippen LogP contribution in [0.4, 0.5) is 4.79 Å². The lowest BCUT2D eigenvalue weighted by atomic mass is 9.92. The van der Waals surface area contributed by atoms with Crippen molar-refractivity contribution in [2.75, 3.05) is 19.6 Å². The van der Waals surface area contributed by atoms with Crippen molar-refractivity contribution in [3.63, 3.8) is 0 Å². The summed E-state index contributed by atoms with van der Waals surface area (Å²) in [6, 6.07) is 8.59. The fraction of sp³-hybridized carbons (Fsp3) is 0.526. The lowest BCUT2D eigenvalue weighted by Gasteiger charge is -2.26. The van der Waals surface area contributed by atoms with Crippen LogP contribution < -0.4 is 10.6 Å². The fourth-order valence-corrected chi connectivity index (χ4v) is 3.22. The number of amides is 2. The summed E-state index contributed by atoms with van der Waals surface area (Å²) in [5.74, 6) is 0.550. The molecule has 1 aliphatic heterocycles. The molecule has 1 heterocycles. The van der Waals surface area contributed by atoms with E-state index in [0.717, 1.165) is 37.4 Å². The van der Waals surface area contributed by atoms with Crippen molar-refractivity contribution < 1.29 is 4.79 Å². The van der Waals surface area contributed by atoms with Gasteiger partial charge >= 0.3 is 6.03 Å². The van der Waals surface area contributed by atoms with Crippen molar-refractivity contribution in [3.05, 3.63) is 47.1 Å². The molecule has 0 aromatic heterocycles. The predicted molar refractivity (Wildman–Crippen MR) is 100 cm³/mol. The molecule has 0 aliphatic carbocycles. The maximum atomic E-state index is 11.6. The summed E-state index contributed by atoms with van der Waals surface area (Å²) in [5, 5.41) is 7.24. The Hall–Kier alpha value is -1.52. The number of nitrogens with one attached hydrogen (secondary N) is 2. The second-order valence-electron chi connectivity index (χ2n) is 6.39. The number of halogens is 1. The average molecular weight is 350 g/mol. The van der Waals surface area contributed by atoms with Gasteiger partial charge in [0.1, 0.15) is 0 Å². The molecule has 0 fully saturated rings. The van der Waals surface area contributed by atoms with Crippen LogP contribution in [0, 0.1) is 5.92 Å². The van der Waals surface area contributed by atoms with Gasteiger partial charge in [0.15, 0.2) is 0 Å². The summed E-state index contributed by atoms with van der Waals surface area (Å²) in [5.41, 5.74) is 1.32. The molecule has 2 amide bonds. The van der Waals surface area contributed by atoms with Crippen LogP contribution in [-0.4, -0.2) is 36.6 Å². The standard InChI is InChI=1S/C19H28ClN3O/c1-3-18(15(2)14-16-6-8-17(20)9-7-16)21-10-4-12-23-13-5-11-22-19(23)24/h5-9,13,15,18,21H,3-4,10-12,14H2,1-2H3,(H,22,24). The van der Waals surface area contributed by atoms with Crippen molar-refractivity contribution in [2.45, 2.75) is 39.2 Å². The summed E-state index contributed by atoms with van der Waals surface area (Å²) in [4.78, 5) is 13.4. The largest absolute Gasteiger partial charge is 0.334 e. The van der Waals surface area contributed by atoms with Crippen LogP contribution in [0.5, 0.6) is 0 Å². The van der Waals surface area contributed by atoms with Crippen LogP contribution in [0.15, 0.2) is 36.5 Å². The highest BCUT2D eigenvalue weighted by atomic mass is 35.5. The highest BCUT2D eigenvalue weighted by Gasteiger charge is 2.16. The zero-order valence-corrected chi connectivity index (χ0v) is 15.4. The first-order valence-corrected chi connectivity index (χ1v) is 9.17. The van der Waals surface area contributed by atoms with E-state index >= 15 is 0 Å².